The lowest BCUT2D eigenvalue weighted by atomic mass is 10.1. The van der Waals surface area contributed by atoms with Crippen LogP contribution in [-0.4, -0.2) is 21.4 Å². The molecule has 0 saturated carbocycles. The summed E-state index contributed by atoms with van der Waals surface area (Å²) in [5, 5.41) is 4.63. The molecule has 3 rings (SSSR count). The van der Waals surface area contributed by atoms with E-state index < -0.39 is 0 Å². The largest absolute Gasteiger partial charge is 0.494 e. The van der Waals surface area contributed by atoms with Crippen molar-refractivity contribution >= 4 is 0 Å². The Labute approximate surface area is 194 Å². The highest BCUT2D eigenvalue weighted by Gasteiger charge is 2.05. The number of unbranched alkanes of at least 4 members (excludes halogenated alkanes) is 11. The second-order valence-electron chi connectivity index (χ2n) is 8.60. The first-order valence-corrected chi connectivity index (χ1v) is 12.6. The fourth-order valence-electron chi connectivity index (χ4n) is 3.95. The molecule has 0 radical (unpaired) electrons. The van der Waals surface area contributed by atoms with Crippen molar-refractivity contribution in [2.75, 3.05) is 6.61 Å². The van der Waals surface area contributed by atoms with Gasteiger partial charge in [-0.15, -0.1) is 0 Å². The smallest absolute Gasteiger partial charge is 0.153 e. The van der Waals surface area contributed by atoms with Crippen LogP contribution in [0.4, 0.5) is 0 Å². The van der Waals surface area contributed by atoms with Gasteiger partial charge >= 0.3 is 0 Å². The third-order valence-electron chi connectivity index (χ3n) is 5.89. The number of pyridine rings is 1. The van der Waals surface area contributed by atoms with E-state index in [0.29, 0.717) is 0 Å². The van der Waals surface area contributed by atoms with Crippen molar-refractivity contribution < 1.29 is 4.74 Å². The molecule has 3 aromatic rings. The minimum Gasteiger partial charge on any atom is -0.494 e. The molecule has 0 unspecified atom stereocenters. The van der Waals surface area contributed by atoms with E-state index >= 15 is 0 Å². The Hall–Kier alpha value is -2.62. The molecule has 1 aromatic carbocycles. The summed E-state index contributed by atoms with van der Waals surface area (Å²) in [5.74, 6) is 1.75. The molecule has 0 amide bonds. The maximum atomic E-state index is 5.93. The van der Waals surface area contributed by atoms with E-state index in [0.717, 1.165) is 35.9 Å². The van der Waals surface area contributed by atoms with Crippen molar-refractivity contribution in [2.45, 2.75) is 84.0 Å². The molecular weight excluding hydrogens is 394 g/mol. The van der Waals surface area contributed by atoms with E-state index in [2.05, 4.69) is 29.1 Å². The van der Waals surface area contributed by atoms with E-state index in [1.807, 2.05) is 42.6 Å². The van der Waals surface area contributed by atoms with Crippen molar-refractivity contribution in [3.05, 3.63) is 60.9 Å². The predicted molar refractivity (Wildman–Crippen MR) is 133 cm³/mol. The van der Waals surface area contributed by atoms with Crippen molar-refractivity contribution in [1.29, 1.82) is 0 Å². The summed E-state index contributed by atoms with van der Waals surface area (Å²) in [6, 6.07) is 16.0. The standard InChI is InChI=1S/C28H39N3O/c1-2-3-4-5-6-7-8-9-10-11-12-15-24-32-26-19-17-25(18-20-26)27-21-23-31(30-27)28-16-13-14-22-29-28/h13-14,16-23H,2-12,15,24H2,1H3. The maximum absolute atomic E-state index is 5.93. The van der Waals surface area contributed by atoms with E-state index in [4.69, 9.17) is 4.74 Å². The molecule has 0 aliphatic heterocycles. The lowest BCUT2D eigenvalue weighted by molar-refractivity contribution is 0.304. The van der Waals surface area contributed by atoms with Gasteiger partial charge in [-0.05, 0) is 48.9 Å². The van der Waals surface area contributed by atoms with Crippen LogP contribution in [0.5, 0.6) is 5.75 Å². The molecule has 0 N–H and O–H groups in total. The number of ether oxygens (including phenoxy) is 1. The zero-order valence-corrected chi connectivity index (χ0v) is 19.7. The second-order valence-corrected chi connectivity index (χ2v) is 8.60. The first kappa shape index (κ1) is 24.0. The topological polar surface area (TPSA) is 39.9 Å². The highest BCUT2D eigenvalue weighted by molar-refractivity contribution is 5.59. The number of nitrogens with zero attached hydrogens (tertiary/aromatic N) is 3. The number of rotatable bonds is 16. The molecular formula is C28H39N3O. The Balaban J connectivity index is 1.26. The Morgan fingerprint density at radius 3 is 2.00 bits per heavy atom. The van der Waals surface area contributed by atoms with Gasteiger partial charge < -0.3 is 4.74 Å². The summed E-state index contributed by atoms with van der Waals surface area (Å²) < 4.78 is 7.73. The molecule has 0 saturated heterocycles. The van der Waals surface area contributed by atoms with Crippen LogP contribution in [0.25, 0.3) is 17.1 Å². The van der Waals surface area contributed by atoms with Gasteiger partial charge in [-0.2, -0.15) is 5.10 Å². The minimum absolute atomic E-state index is 0.797. The predicted octanol–water partition coefficient (Wildman–Crippen LogP) is 8.01. The zero-order valence-electron chi connectivity index (χ0n) is 19.7. The Kier molecular flexibility index (Phi) is 10.8. The Bertz CT molecular complexity index is 858. The van der Waals surface area contributed by atoms with Gasteiger partial charge in [-0.1, -0.05) is 83.6 Å². The first-order chi connectivity index (χ1) is 15.9. The van der Waals surface area contributed by atoms with Crippen LogP contribution >= 0.6 is 0 Å². The summed E-state index contributed by atoms with van der Waals surface area (Å²) in [6.45, 7) is 3.08. The van der Waals surface area contributed by atoms with Crippen LogP contribution in [0.1, 0.15) is 84.0 Å². The van der Waals surface area contributed by atoms with E-state index in [1.165, 1.54) is 70.6 Å². The van der Waals surface area contributed by atoms with Crippen LogP contribution < -0.4 is 4.74 Å². The molecule has 2 heterocycles. The molecule has 0 bridgehead atoms. The van der Waals surface area contributed by atoms with Gasteiger partial charge in [0.15, 0.2) is 5.82 Å². The van der Waals surface area contributed by atoms with E-state index in [9.17, 15) is 0 Å². The fourth-order valence-corrected chi connectivity index (χ4v) is 3.95. The fraction of sp³-hybridized carbons (Fsp3) is 0.500. The van der Waals surface area contributed by atoms with Crippen molar-refractivity contribution in [1.82, 2.24) is 14.8 Å². The third-order valence-corrected chi connectivity index (χ3v) is 5.89. The summed E-state index contributed by atoms with van der Waals surface area (Å²) in [5.41, 5.74) is 2.01. The van der Waals surface area contributed by atoms with Crippen molar-refractivity contribution in [3.63, 3.8) is 0 Å². The molecule has 0 spiro atoms. The quantitative estimate of drug-likeness (QED) is 0.215. The average Bonchev–Trinajstić information content (AvgIpc) is 3.33. The SMILES string of the molecule is CCCCCCCCCCCCCCOc1ccc(-c2ccn(-c3ccccn3)n2)cc1. The molecule has 0 aliphatic carbocycles. The van der Waals surface area contributed by atoms with Crippen LogP contribution in [0.3, 0.4) is 0 Å². The minimum atomic E-state index is 0.797. The highest BCUT2D eigenvalue weighted by Crippen LogP contribution is 2.22. The Morgan fingerprint density at radius 1 is 0.719 bits per heavy atom. The van der Waals surface area contributed by atoms with E-state index in [-0.39, 0.29) is 0 Å². The first-order valence-electron chi connectivity index (χ1n) is 12.6. The van der Waals surface area contributed by atoms with Gasteiger partial charge in [0.05, 0.1) is 12.3 Å². The van der Waals surface area contributed by atoms with Gasteiger partial charge in [-0.3, -0.25) is 0 Å². The molecule has 4 nitrogen and oxygen atoms in total. The molecule has 4 heteroatoms. The van der Waals surface area contributed by atoms with Crippen LogP contribution in [0.2, 0.25) is 0 Å². The van der Waals surface area contributed by atoms with Crippen molar-refractivity contribution in [2.24, 2.45) is 0 Å². The lowest BCUT2D eigenvalue weighted by Crippen LogP contribution is -1.98. The summed E-state index contributed by atoms with van der Waals surface area (Å²) in [7, 11) is 0. The molecule has 32 heavy (non-hydrogen) atoms. The molecule has 172 valence electrons. The average molecular weight is 434 g/mol. The second kappa shape index (κ2) is 14.4. The number of benzene rings is 1. The summed E-state index contributed by atoms with van der Waals surface area (Å²) >= 11 is 0. The molecule has 2 aromatic heterocycles. The monoisotopic (exact) mass is 433 g/mol. The highest BCUT2D eigenvalue weighted by atomic mass is 16.5. The normalized spacial score (nSPS) is 11.0. The Morgan fingerprint density at radius 2 is 1.38 bits per heavy atom. The summed E-state index contributed by atoms with van der Waals surface area (Å²) in [6.07, 6.45) is 20.1. The lowest BCUT2D eigenvalue weighted by Gasteiger charge is -2.07. The van der Waals surface area contributed by atoms with Gasteiger partial charge in [0.25, 0.3) is 0 Å². The molecule has 0 fully saturated rings. The zero-order chi connectivity index (χ0) is 22.3. The third kappa shape index (κ3) is 8.49. The molecule has 0 aliphatic rings. The van der Waals surface area contributed by atoms with Crippen LogP contribution in [0.15, 0.2) is 60.9 Å². The maximum Gasteiger partial charge on any atom is 0.153 e. The van der Waals surface area contributed by atoms with Crippen LogP contribution in [-0.2, 0) is 0 Å². The van der Waals surface area contributed by atoms with Gasteiger partial charge in [-0.25, -0.2) is 9.67 Å². The summed E-state index contributed by atoms with van der Waals surface area (Å²) in [4.78, 5) is 4.34. The van der Waals surface area contributed by atoms with Gasteiger partial charge in [0, 0.05) is 18.0 Å². The van der Waals surface area contributed by atoms with Crippen molar-refractivity contribution in [3.8, 4) is 22.8 Å². The molecule has 0 atom stereocenters. The van der Waals surface area contributed by atoms with Crippen LogP contribution in [0, 0.1) is 0 Å². The van der Waals surface area contributed by atoms with Gasteiger partial charge in [0.1, 0.15) is 5.75 Å². The number of hydrogen-bond donors (Lipinski definition) is 0. The van der Waals surface area contributed by atoms with Gasteiger partial charge in [0.2, 0.25) is 0 Å². The number of aromatic nitrogens is 3. The number of hydrogen-bond acceptors (Lipinski definition) is 3. The van der Waals surface area contributed by atoms with E-state index in [1.54, 1.807) is 10.9 Å².